The maximum atomic E-state index is 12.8. The van der Waals surface area contributed by atoms with Crippen molar-refractivity contribution in [3.63, 3.8) is 0 Å². The molecule has 0 aromatic heterocycles. The van der Waals surface area contributed by atoms with Gasteiger partial charge in [0.1, 0.15) is 16.9 Å². The zero-order chi connectivity index (χ0) is 27.1. The van der Waals surface area contributed by atoms with Gasteiger partial charge in [0, 0.05) is 12.1 Å². The van der Waals surface area contributed by atoms with Crippen LogP contribution in [0.15, 0.2) is 72.8 Å². The van der Waals surface area contributed by atoms with Crippen LogP contribution in [0.3, 0.4) is 0 Å². The zero-order valence-electron chi connectivity index (χ0n) is 22.1. The Morgan fingerprint density at radius 1 is 0.892 bits per heavy atom. The number of aliphatic hydroxyl groups excluding tert-OH is 1. The first-order valence-electron chi connectivity index (χ1n) is 12.3. The van der Waals surface area contributed by atoms with Gasteiger partial charge < -0.3 is 25.2 Å². The van der Waals surface area contributed by atoms with E-state index >= 15 is 0 Å². The third-order valence-electron chi connectivity index (χ3n) is 5.74. The Kier molecular flexibility index (Phi) is 8.95. The smallest absolute Gasteiger partial charge is 0.408 e. The van der Waals surface area contributed by atoms with E-state index in [0.717, 1.165) is 17.7 Å². The molecule has 3 aromatic carbocycles. The summed E-state index contributed by atoms with van der Waals surface area (Å²) in [5.41, 5.74) is 2.64. The Hall–Kier alpha value is -3.84. The fraction of sp³-hybridized carbons (Fsp3) is 0.333. The lowest BCUT2D eigenvalue weighted by atomic mass is 10.0. The molecule has 3 aromatic rings. The first-order chi connectivity index (χ1) is 17.5. The summed E-state index contributed by atoms with van der Waals surface area (Å²) in [4.78, 5) is 25.0. The number of nitrogens with one attached hydrogen (secondary N) is 2. The van der Waals surface area contributed by atoms with Crippen LogP contribution in [0.2, 0.25) is 0 Å². The summed E-state index contributed by atoms with van der Waals surface area (Å²) < 4.78 is 11.2. The van der Waals surface area contributed by atoms with Crippen molar-refractivity contribution in [2.24, 2.45) is 0 Å². The van der Waals surface area contributed by atoms with E-state index in [4.69, 9.17) is 9.47 Å². The fourth-order valence-corrected chi connectivity index (χ4v) is 3.63. The molecule has 3 N–H and O–H groups in total. The highest BCUT2D eigenvalue weighted by Crippen LogP contribution is 2.24. The summed E-state index contributed by atoms with van der Waals surface area (Å²) in [5.74, 6) is 0.156. The Balaban J connectivity index is 1.54. The molecule has 0 radical (unpaired) electrons. The Bertz CT molecular complexity index is 1200. The summed E-state index contributed by atoms with van der Waals surface area (Å²) in [6, 6.07) is 24.0. The lowest BCUT2D eigenvalue weighted by Gasteiger charge is -2.29. The second-order valence-electron chi connectivity index (χ2n) is 10.2. The molecule has 7 nitrogen and oxygen atoms in total. The van der Waals surface area contributed by atoms with E-state index in [9.17, 15) is 14.7 Å². The van der Waals surface area contributed by atoms with Gasteiger partial charge >= 0.3 is 6.09 Å². The number of rotatable bonds is 9. The van der Waals surface area contributed by atoms with Crippen LogP contribution in [0.25, 0.3) is 11.1 Å². The van der Waals surface area contributed by atoms with Gasteiger partial charge in [0.25, 0.3) is 5.91 Å². The van der Waals surface area contributed by atoms with Gasteiger partial charge in [-0.15, -0.1) is 0 Å². The molecule has 196 valence electrons. The Morgan fingerprint density at radius 2 is 1.54 bits per heavy atom. The minimum absolute atomic E-state index is 0.514. The van der Waals surface area contributed by atoms with Crippen molar-refractivity contribution in [1.82, 2.24) is 5.32 Å². The summed E-state index contributed by atoms with van der Waals surface area (Å²) in [5, 5.41) is 15.0. The summed E-state index contributed by atoms with van der Waals surface area (Å²) in [6.45, 7) is 8.40. The van der Waals surface area contributed by atoms with Crippen molar-refractivity contribution in [3.05, 3.63) is 83.9 Å². The highest BCUT2D eigenvalue weighted by Gasteiger charge is 2.36. The van der Waals surface area contributed by atoms with Crippen LogP contribution in [0.1, 0.15) is 38.8 Å². The average Bonchev–Trinajstić information content (AvgIpc) is 2.85. The SMILES string of the molecule is Cc1cc(NC(=O)C(C)(CO)NC(=O)OC(C)(C)C)ccc1OCCc1ccc(-c2ccccc2)cc1. The van der Waals surface area contributed by atoms with Gasteiger partial charge in [-0.3, -0.25) is 4.79 Å². The van der Waals surface area contributed by atoms with Crippen LogP contribution in [0, 0.1) is 6.92 Å². The highest BCUT2D eigenvalue weighted by molar-refractivity contribution is 6.00. The molecule has 37 heavy (non-hydrogen) atoms. The molecule has 0 aliphatic carbocycles. The number of aryl methyl sites for hydroxylation is 1. The van der Waals surface area contributed by atoms with E-state index in [1.807, 2.05) is 25.1 Å². The predicted octanol–water partition coefficient (Wildman–Crippen LogP) is 5.50. The van der Waals surface area contributed by atoms with E-state index in [1.165, 1.54) is 23.6 Å². The maximum absolute atomic E-state index is 12.8. The molecule has 0 saturated carbocycles. The topological polar surface area (TPSA) is 96.9 Å². The first-order valence-corrected chi connectivity index (χ1v) is 12.3. The maximum Gasteiger partial charge on any atom is 0.408 e. The van der Waals surface area contributed by atoms with Gasteiger partial charge in [-0.25, -0.2) is 4.79 Å². The molecule has 1 unspecified atom stereocenters. The minimum atomic E-state index is -1.55. The van der Waals surface area contributed by atoms with E-state index in [2.05, 4.69) is 47.0 Å². The molecular formula is C30H36N2O5. The van der Waals surface area contributed by atoms with Gasteiger partial charge in [-0.05, 0) is 75.1 Å². The van der Waals surface area contributed by atoms with E-state index < -0.39 is 29.7 Å². The highest BCUT2D eigenvalue weighted by atomic mass is 16.6. The second kappa shape index (κ2) is 11.9. The standard InChI is InChI=1S/C30H36N2O5/c1-21-19-25(31-27(34)30(5,20-33)32-28(35)37-29(2,3)4)15-16-26(21)36-18-17-22-11-13-24(14-12-22)23-9-7-6-8-10-23/h6-16,19,33H,17-18,20H2,1-5H3,(H,31,34)(H,32,35). The van der Waals surface area contributed by atoms with Crippen molar-refractivity contribution in [2.75, 3.05) is 18.5 Å². The number of anilines is 1. The average molecular weight is 505 g/mol. The molecule has 3 rings (SSSR count). The zero-order valence-corrected chi connectivity index (χ0v) is 22.1. The Morgan fingerprint density at radius 3 is 2.14 bits per heavy atom. The molecule has 2 amide bonds. The number of hydrogen-bond acceptors (Lipinski definition) is 5. The van der Waals surface area contributed by atoms with Gasteiger partial charge in [-0.1, -0.05) is 54.6 Å². The van der Waals surface area contributed by atoms with Crippen molar-refractivity contribution in [3.8, 4) is 16.9 Å². The molecule has 0 heterocycles. The van der Waals surface area contributed by atoms with Crippen LogP contribution in [0.5, 0.6) is 5.75 Å². The third kappa shape index (κ3) is 8.08. The quantitative estimate of drug-likeness (QED) is 0.358. The van der Waals surface area contributed by atoms with E-state index in [1.54, 1.807) is 39.0 Å². The molecule has 0 spiro atoms. The summed E-state index contributed by atoms with van der Waals surface area (Å²) in [6.07, 6.45) is -0.0214. The van der Waals surface area contributed by atoms with Crippen LogP contribution < -0.4 is 15.4 Å². The molecule has 0 aliphatic heterocycles. The summed E-state index contributed by atoms with van der Waals surface area (Å²) in [7, 11) is 0. The van der Waals surface area contributed by atoms with Crippen molar-refractivity contribution < 1.29 is 24.2 Å². The van der Waals surface area contributed by atoms with Gasteiger partial charge in [0.05, 0.1) is 13.2 Å². The second-order valence-corrected chi connectivity index (χ2v) is 10.2. The normalized spacial score (nSPS) is 12.8. The first kappa shape index (κ1) is 27.7. The number of hydrogen-bond donors (Lipinski definition) is 3. The number of carbonyl (C=O) groups is 2. The van der Waals surface area contributed by atoms with E-state index in [0.29, 0.717) is 12.3 Å². The number of alkyl carbamates (subject to hydrolysis) is 1. The van der Waals surface area contributed by atoms with E-state index in [-0.39, 0.29) is 0 Å². The number of amides is 2. The van der Waals surface area contributed by atoms with Crippen LogP contribution in [-0.2, 0) is 16.0 Å². The predicted molar refractivity (Wildman–Crippen MR) is 146 cm³/mol. The van der Waals surface area contributed by atoms with Crippen molar-refractivity contribution in [1.29, 1.82) is 0 Å². The van der Waals surface area contributed by atoms with Crippen molar-refractivity contribution >= 4 is 17.7 Å². The molecule has 1 atom stereocenters. The largest absolute Gasteiger partial charge is 0.493 e. The van der Waals surface area contributed by atoms with Crippen LogP contribution in [-0.4, -0.2) is 41.5 Å². The monoisotopic (exact) mass is 504 g/mol. The minimum Gasteiger partial charge on any atom is -0.493 e. The van der Waals surface area contributed by atoms with Gasteiger partial charge in [0.2, 0.25) is 0 Å². The van der Waals surface area contributed by atoms with Crippen molar-refractivity contribution in [2.45, 2.75) is 52.2 Å². The number of aliphatic hydroxyl groups is 1. The summed E-state index contributed by atoms with van der Waals surface area (Å²) >= 11 is 0. The molecular weight excluding hydrogens is 468 g/mol. The van der Waals surface area contributed by atoms with Gasteiger partial charge in [0.15, 0.2) is 0 Å². The van der Waals surface area contributed by atoms with Gasteiger partial charge in [-0.2, -0.15) is 0 Å². The number of ether oxygens (including phenoxy) is 2. The van der Waals surface area contributed by atoms with Crippen LogP contribution >= 0.6 is 0 Å². The number of carbonyl (C=O) groups excluding carboxylic acids is 2. The molecule has 0 aliphatic rings. The fourth-order valence-electron chi connectivity index (χ4n) is 3.63. The molecule has 0 saturated heterocycles. The Labute approximate surface area is 218 Å². The lowest BCUT2D eigenvalue weighted by molar-refractivity contribution is -0.123. The molecule has 0 fully saturated rings. The molecule has 0 bridgehead atoms. The van der Waals surface area contributed by atoms with Crippen LogP contribution in [0.4, 0.5) is 10.5 Å². The molecule has 7 heteroatoms. The third-order valence-corrected chi connectivity index (χ3v) is 5.74. The number of benzene rings is 3. The lowest BCUT2D eigenvalue weighted by Crippen LogP contribution is -2.58.